The quantitative estimate of drug-likeness (QED) is 0.468. The van der Waals surface area contributed by atoms with Gasteiger partial charge >= 0.3 is 5.97 Å². The first-order valence-corrected chi connectivity index (χ1v) is 10.5. The molecule has 2 aliphatic rings. The summed E-state index contributed by atoms with van der Waals surface area (Å²) in [5.41, 5.74) is 0.733. The van der Waals surface area contributed by atoms with Crippen molar-refractivity contribution >= 4 is 51.0 Å². The van der Waals surface area contributed by atoms with Crippen LogP contribution in [-0.4, -0.2) is 46.8 Å². The van der Waals surface area contributed by atoms with E-state index in [1.165, 1.54) is 19.1 Å². The summed E-state index contributed by atoms with van der Waals surface area (Å²) in [6.45, 7) is 0. The zero-order valence-electron chi connectivity index (χ0n) is 15.2. The molecule has 1 saturated heterocycles. The number of hydrogen-bond donors (Lipinski definition) is 2. The van der Waals surface area contributed by atoms with Crippen LogP contribution in [0.3, 0.4) is 0 Å². The van der Waals surface area contributed by atoms with Gasteiger partial charge in [0.1, 0.15) is 5.25 Å². The Balaban J connectivity index is 1.69. The number of benzene rings is 1. The second kappa shape index (κ2) is 9.42. The zero-order valence-corrected chi connectivity index (χ0v) is 17.6. The highest BCUT2D eigenvalue weighted by Gasteiger charge is 2.32. The minimum absolute atomic E-state index is 0.216. The van der Waals surface area contributed by atoms with Gasteiger partial charge in [0.15, 0.2) is 16.7 Å². The zero-order chi connectivity index (χ0) is 20.1. The number of carboxylic acid groups (broad SMARTS) is 1. The van der Waals surface area contributed by atoms with E-state index in [-0.39, 0.29) is 23.6 Å². The Morgan fingerprint density at radius 3 is 2.82 bits per heavy atom. The number of nitrogens with one attached hydrogen (secondary N) is 1. The van der Waals surface area contributed by atoms with Crippen molar-refractivity contribution in [1.29, 1.82) is 0 Å². The molecule has 1 saturated carbocycles. The molecule has 1 unspecified atom stereocenters. The largest absolute Gasteiger partial charge is 0.493 e. The van der Waals surface area contributed by atoms with E-state index in [9.17, 15) is 9.59 Å². The molecule has 1 atom stereocenters. The average molecular weight is 470 g/mol. The number of carboxylic acids is 1. The molecule has 0 aromatic heterocycles. The predicted molar refractivity (Wildman–Crippen MR) is 110 cm³/mol. The highest BCUT2D eigenvalue weighted by molar-refractivity contribution is 9.10. The SMILES string of the molecule is COc1cc(C=NN=C2NC(=O)C(CC(=O)O)S2)c(Br)cc1OC1CCCC1. The first kappa shape index (κ1) is 20.7. The van der Waals surface area contributed by atoms with Crippen molar-refractivity contribution < 1.29 is 24.2 Å². The van der Waals surface area contributed by atoms with Crippen molar-refractivity contribution in [2.75, 3.05) is 7.11 Å². The van der Waals surface area contributed by atoms with Crippen LogP contribution in [0.1, 0.15) is 37.7 Å². The number of ether oxygens (including phenoxy) is 2. The second-order valence-electron chi connectivity index (χ2n) is 6.39. The van der Waals surface area contributed by atoms with Crippen molar-refractivity contribution in [2.24, 2.45) is 10.2 Å². The maximum absolute atomic E-state index is 11.7. The molecule has 150 valence electrons. The Morgan fingerprint density at radius 1 is 1.39 bits per heavy atom. The van der Waals surface area contributed by atoms with Crippen LogP contribution in [0.2, 0.25) is 0 Å². The lowest BCUT2D eigenvalue weighted by Gasteiger charge is -2.17. The molecule has 3 rings (SSSR count). The monoisotopic (exact) mass is 469 g/mol. The topological polar surface area (TPSA) is 110 Å². The van der Waals surface area contributed by atoms with E-state index in [0.717, 1.165) is 34.6 Å². The number of amides is 1. The summed E-state index contributed by atoms with van der Waals surface area (Å²) in [7, 11) is 1.58. The van der Waals surface area contributed by atoms with Crippen LogP contribution in [0.5, 0.6) is 11.5 Å². The van der Waals surface area contributed by atoms with Crippen molar-refractivity contribution in [3.63, 3.8) is 0 Å². The summed E-state index contributed by atoms with van der Waals surface area (Å²) < 4.78 is 12.3. The van der Waals surface area contributed by atoms with E-state index in [2.05, 4.69) is 31.4 Å². The third kappa shape index (κ3) is 5.26. The Bertz CT molecular complexity index is 824. The molecule has 2 fully saturated rings. The highest BCUT2D eigenvalue weighted by atomic mass is 79.9. The maximum Gasteiger partial charge on any atom is 0.305 e. The normalized spacial score (nSPS) is 21.4. The van der Waals surface area contributed by atoms with Gasteiger partial charge in [-0.2, -0.15) is 5.10 Å². The van der Waals surface area contributed by atoms with Crippen molar-refractivity contribution in [1.82, 2.24) is 5.32 Å². The molecule has 2 N–H and O–H groups in total. The van der Waals surface area contributed by atoms with Gasteiger partial charge in [0.2, 0.25) is 5.91 Å². The van der Waals surface area contributed by atoms with Crippen molar-refractivity contribution in [3.8, 4) is 11.5 Å². The summed E-state index contributed by atoms with van der Waals surface area (Å²) in [6, 6.07) is 3.65. The van der Waals surface area contributed by atoms with E-state index in [1.54, 1.807) is 13.2 Å². The molecule has 8 nitrogen and oxygen atoms in total. The summed E-state index contributed by atoms with van der Waals surface area (Å²) >= 11 is 4.56. The van der Waals surface area contributed by atoms with Crippen molar-refractivity contribution in [3.05, 3.63) is 22.2 Å². The van der Waals surface area contributed by atoms with E-state index >= 15 is 0 Å². The van der Waals surface area contributed by atoms with Crippen molar-refractivity contribution in [2.45, 2.75) is 43.5 Å². The number of rotatable bonds is 7. The number of amidine groups is 1. The minimum atomic E-state index is -1.03. The number of carbonyl (C=O) groups excluding carboxylic acids is 1. The molecule has 0 bridgehead atoms. The third-order valence-electron chi connectivity index (χ3n) is 4.36. The number of carbonyl (C=O) groups is 2. The first-order chi connectivity index (χ1) is 13.5. The second-order valence-corrected chi connectivity index (χ2v) is 8.44. The average Bonchev–Trinajstić information content (AvgIpc) is 3.26. The van der Waals surface area contributed by atoms with Crippen LogP contribution < -0.4 is 14.8 Å². The van der Waals surface area contributed by atoms with Gasteiger partial charge in [-0.1, -0.05) is 11.8 Å². The van der Waals surface area contributed by atoms with Gasteiger partial charge < -0.3 is 19.9 Å². The molecule has 0 radical (unpaired) electrons. The molecule has 10 heteroatoms. The Kier molecular flexibility index (Phi) is 6.95. The molecule has 1 amide bonds. The van der Waals surface area contributed by atoms with E-state index in [1.807, 2.05) is 6.07 Å². The van der Waals surface area contributed by atoms with Gasteiger partial charge in [-0.05, 0) is 53.7 Å². The predicted octanol–water partition coefficient (Wildman–Crippen LogP) is 3.18. The van der Waals surface area contributed by atoms with Gasteiger partial charge in [0.05, 0.1) is 25.8 Å². The van der Waals surface area contributed by atoms with Gasteiger partial charge in [0, 0.05) is 10.0 Å². The number of nitrogens with zero attached hydrogens (tertiary/aromatic N) is 2. The fraction of sp³-hybridized carbons (Fsp3) is 0.444. The lowest BCUT2D eigenvalue weighted by Crippen LogP contribution is -2.26. The van der Waals surface area contributed by atoms with Crippen LogP contribution >= 0.6 is 27.7 Å². The Labute approximate surface area is 174 Å². The van der Waals surface area contributed by atoms with Crippen LogP contribution in [0, 0.1) is 0 Å². The van der Waals surface area contributed by atoms with Gasteiger partial charge in [-0.25, -0.2) is 0 Å². The molecule has 28 heavy (non-hydrogen) atoms. The number of thioether (sulfide) groups is 1. The summed E-state index contributed by atoms with van der Waals surface area (Å²) in [5, 5.41) is 18.9. The van der Waals surface area contributed by atoms with Crippen LogP contribution in [0.15, 0.2) is 26.8 Å². The number of hydrogen-bond acceptors (Lipinski definition) is 7. The molecule has 1 aliphatic heterocycles. The lowest BCUT2D eigenvalue weighted by molar-refractivity contribution is -0.138. The smallest absolute Gasteiger partial charge is 0.305 e. The first-order valence-electron chi connectivity index (χ1n) is 8.81. The third-order valence-corrected chi connectivity index (χ3v) is 6.12. The molecule has 0 spiro atoms. The van der Waals surface area contributed by atoms with Gasteiger partial charge in [-0.3, -0.25) is 9.59 Å². The number of aliphatic carboxylic acids is 1. The van der Waals surface area contributed by atoms with E-state index in [4.69, 9.17) is 14.6 Å². The molecular formula is C18H20BrN3O5S. The maximum atomic E-state index is 11.7. The van der Waals surface area contributed by atoms with E-state index in [0.29, 0.717) is 11.5 Å². The molecule has 1 aromatic carbocycles. The molecule has 1 heterocycles. The molecule has 1 aromatic rings. The summed E-state index contributed by atoms with van der Waals surface area (Å²) in [6.07, 6.45) is 5.94. The summed E-state index contributed by atoms with van der Waals surface area (Å²) in [4.78, 5) is 22.5. The number of halogens is 1. The Hall–Kier alpha value is -2.07. The van der Waals surface area contributed by atoms with Crippen LogP contribution in [0.4, 0.5) is 0 Å². The molecule has 1 aliphatic carbocycles. The van der Waals surface area contributed by atoms with Gasteiger partial charge in [-0.15, -0.1) is 5.10 Å². The van der Waals surface area contributed by atoms with Crippen LogP contribution in [0.25, 0.3) is 0 Å². The van der Waals surface area contributed by atoms with E-state index < -0.39 is 11.2 Å². The Morgan fingerprint density at radius 2 is 2.14 bits per heavy atom. The standard InChI is InChI=1S/C18H20BrN3O5S/c1-26-13-6-10(12(19)7-14(13)27-11-4-2-3-5-11)9-20-22-18-21-17(25)15(28-18)8-16(23)24/h6-7,9,11,15H,2-5,8H2,1H3,(H,23,24)(H,21,22,25). The minimum Gasteiger partial charge on any atom is -0.493 e. The van der Waals surface area contributed by atoms with Gasteiger partial charge in [0.25, 0.3) is 0 Å². The highest BCUT2D eigenvalue weighted by Crippen LogP contribution is 2.35. The van der Waals surface area contributed by atoms with Crippen LogP contribution in [-0.2, 0) is 9.59 Å². The fourth-order valence-corrected chi connectivity index (χ4v) is 4.32. The number of methoxy groups -OCH3 is 1. The lowest BCUT2D eigenvalue weighted by atomic mass is 10.2. The molecular weight excluding hydrogens is 450 g/mol. The summed E-state index contributed by atoms with van der Waals surface area (Å²) in [5.74, 6) is -0.125. The fourth-order valence-electron chi connectivity index (χ4n) is 2.98.